The summed E-state index contributed by atoms with van der Waals surface area (Å²) in [5.74, 6) is -0.209. The molecule has 3 aliphatic rings. The number of aliphatic hydroxyl groups is 4. The van der Waals surface area contributed by atoms with Crippen molar-refractivity contribution < 1.29 is 20.4 Å². The Morgan fingerprint density at radius 3 is 2.48 bits per heavy atom. The topological polar surface area (TPSA) is 80.9 Å². The van der Waals surface area contributed by atoms with Gasteiger partial charge < -0.3 is 20.4 Å². The smallest absolute Gasteiger partial charge is 0.166 e. The van der Waals surface area contributed by atoms with Crippen molar-refractivity contribution in [2.45, 2.75) is 103 Å². The third kappa shape index (κ3) is 5.71. The lowest BCUT2D eigenvalue weighted by atomic mass is 9.60. The van der Waals surface area contributed by atoms with Gasteiger partial charge in [-0.3, -0.25) is 0 Å². The Morgan fingerprint density at radius 1 is 1.06 bits per heavy atom. The van der Waals surface area contributed by atoms with E-state index in [0.29, 0.717) is 30.6 Å². The maximum Gasteiger partial charge on any atom is 0.166 e. The Labute approximate surface area is 188 Å². The van der Waals surface area contributed by atoms with Crippen LogP contribution < -0.4 is 0 Å². The summed E-state index contributed by atoms with van der Waals surface area (Å²) in [5, 5.41) is 40.6. The summed E-state index contributed by atoms with van der Waals surface area (Å²) in [6, 6.07) is 0. The molecule has 0 heterocycles. The number of rotatable bonds is 7. The van der Waals surface area contributed by atoms with E-state index in [1.54, 1.807) is 0 Å². The minimum Gasteiger partial charge on any atom is -0.368 e. The minimum atomic E-state index is -1.62. The van der Waals surface area contributed by atoms with Crippen molar-refractivity contribution in [1.29, 1.82) is 0 Å². The van der Waals surface area contributed by atoms with Gasteiger partial charge >= 0.3 is 0 Å². The van der Waals surface area contributed by atoms with Gasteiger partial charge in [0.25, 0.3) is 0 Å². The lowest BCUT2D eigenvalue weighted by molar-refractivity contribution is -0.166. The molecule has 0 aromatic rings. The van der Waals surface area contributed by atoms with Gasteiger partial charge in [0.1, 0.15) is 0 Å². The molecule has 4 atom stereocenters. The van der Waals surface area contributed by atoms with Crippen LogP contribution in [0.3, 0.4) is 0 Å². The zero-order chi connectivity index (χ0) is 22.8. The molecule has 0 bridgehead atoms. The lowest BCUT2D eigenvalue weighted by Crippen LogP contribution is -2.40. The fourth-order valence-corrected chi connectivity index (χ4v) is 6.72. The molecule has 176 valence electrons. The first-order chi connectivity index (χ1) is 14.5. The van der Waals surface area contributed by atoms with Crippen molar-refractivity contribution in [2.75, 3.05) is 0 Å². The van der Waals surface area contributed by atoms with Crippen LogP contribution in [0.25, 0.3) is 0 Å². The molecule has 0 aromatic heterocycles. The van der Waals surface area contributed by atoms with Gasteiger partial charge in [0.2, 0.25) is 0 Å². The lowest BCUT2D eigenvalue weighted by Gasteiger charge is -2.45. The molecule has 3 aliphatic carbocycles. The summed E-state index contributed by atoms with van der Waals surface area (Å²) in [7, 11) is 0. The van der Waals surface area contributed by atoms with Gasteiger partial charge in [-0.05, 0) is 73.7 Å². The molecule has 0 saturated heterocycles. The molecular weight excluding hydrogens is 388 g/mol. The van der Waals surface area contributed by atoms with Crippen molar-refractivity contribution in [3.63, 3.8) is 0 Å². The first-order valence-electron chi connectivity index (χ1n) is 12.4. The second-order valence-electron chi connectivity index (χ2n) is 11.2. The van der Waals surface area contributed by atoms with Crippen LogP contribution in [-0.2, 0) is 0 Å². The van der Waals surface area contributed by atoms with Crippen molar-refractivity contribution in [3.05, 3.63) is 35.5 Å². The van der Waals surface area contributed by atoms with E-state index in [-0.39, 0.29) is 17.8 Å². The zero-order valence-electron chi connectivity index (χ0n) is 19.8. The van der Waals surface area contributed by atoms with Gasteiger partial charge in [-0.25, -0.2) is 0 Å². The Hall–Kier alpha value is -0.940. The molecule has 3 saturated carbocycles. The number of hydrogen-bond acceptors (Lipinski definition) is 4. The third-order valence-electron chi connectivity index (χ3n) is 8.51. The standard InChI is InChI=1S/C27H44O4/c1-18(2)7-5-9-22(25(28)29)24-13-12-23-20(8-6-15-26(23,24)4)10-11-21-17-27(30,31)16-14-19(21)3/h10-11,18,22-25,28-31H,3,5-9,12-17H2,1-2,4H3/b20-10+,21-11-/t22-,23+,24-,26+/m1/s1. The molecule has 4 heteroatoms. The average molecular weight is 433 g/mol. The van der Waals surface area contributed by atoms with E-state index in [2.05, 4.69) is 39.5 Å². The summed E-state index contributed by atoms with van der Waals surface area (Å²) >= 11 is 0. The molecule has 0 aliphatic heterocycles. The number of allylic oxidation sites excluding steroid dienone is 4. The van der Waals surface area contributed by atoms with Crippen LogP contribution in [0.15, 0.2) is 35.5 Å². The monoisotopic (exact) mass is 432 g/mol. The predicted octanol–water partition coefficient (Wildman–Crippen LogP) is 5.23. The average Bonchev–Trinajstić information content (AvgIpc) is 3.02. The van der Waals surface area contributed by atoms with Crippen LogP contribution in [0.1, 0.15) is 91.4 Å². The molecule has 0 amide bonds. The molecule has 0 radical (unpaired) electrons. The number of hydrogen-bond donors (Lipinski definition) is 4. The molecule has 3 rings (SSSR count). The van der Waals surface area contributed by atoms with Crippen molar-refractivity contribution in [2.24, 2.45) is 29.1 Å². The minimum absolute atomic E-state index is 0.0472. The van der Waals surface area contributed by atoms with Gasteiger partial charge in [-0.2, -0.15) is 0 Å². The van der Waals surface area contributed by atoms with E-state index >= 15 is 0 Å². The molecule has 31 heavy (non-hydrogen) atoms. The quantitative estimate of drug-likeness (QED) is 0.415. The summed E-state index contributed by atoms with van der Waals surface area (Å²) in [4.78, 5) is 0. The van der Waals surface area contributed by atoms with E-state index in [9.17, 15) is 20.4 Å². The largest absolute Gasteiger partial charge is 0.368 e. The Balaban J connectivity index is 1.77. The maximum atomic E-state index is 10.2. The van der Waals surface area contributed by atoms with E-state index in [0.717, 1.165) is 62.5 Å². The molecule has 4 nitrogen and oxygen atoms in total. The van der Waals surface area contributed by atoms with Gasteiger partial charge in [-0.15, -0.1) is 0 Å². The summed E-state index contributed by atoms with van der Waals surface area (Å²) < 4.78 is 0. The molecule has 0 spiro atoms. The van der Waals surface area contributed by atoms with Crippen molar-refractivity contribution in [3.8, 4) is 0 Å². The first-order valence-corrected chi connectivity index (χ1v) is 12.4. The molecule has 0 aromatic carbocycles. The highest BCUT2D eigenvalue weighted by Crippen LogP contribution is 2.60. The fraction of sp³-hybridized carbons (Fsp3) is 0.778. The summed E-state index contributed by atoms with van der Waals surface area (Å²) in [6.07, 6.45) is 12.9. The van der Waals surface area contributed by atoms with Crippen molar-refractivity contribution in [1.82, 2.24) is 0 Å². The van der Waals surface area contributed by atoms with E-state index in [1.807, 2.05) is 0 Å². The highest BCUT2D eigenvalue weighted by molar-refractivity contribution is 5.36. The second-order valence-corrected chi connectivity index (χ2v) is 11.2. The van der Waals surface area contributed by atoms with Crippen molar-refractivity contribution >= 4 is 0 Å². The van der Waals surface area contributed by atoms with Crippen LogP contribution in [-0.4, -0.2) is 32.5 Å². The van der Waals surface area contributed by atoms with Crippen LogP contribution in [0, 0.1) is 29.1 Å². The normalized spacial score (nSPS) is 34.7. The molecule has 3 fully saturated rings. The third-order valence-corrected chi connectivity index (χ3v) is 8.51. The van der Waals surface area contributed by atoms with Gasteiger partial charge in [0.15, 0.2) is 12.1 Å². The van der Waals surface area contributed by atoms with Crippen LogP contribution >= 0.6 is 0 Å². The maximum absolute atomic E-state index is 10.2. The Morgan fingerprint density at radius 2 is 1.81 bits per heavy atom. The first kappa shape index (κ1) is 24.7. The number of fused-ring (bicyclic) bond motifs is 1. The highest BCUT2D eigenvalue weighted by Gasteiger charge is 2.52. The predicted molar refractivity (Wildman–Crippen MR) is 125 cm³/mol. The van der Waals surface area contributed by atoms with Gasteiger partial charge in [0, 0.05) is 18.8 Å². The number of aliphatic hydroxyl groups excluding tert-OH is 1. The van der Waals surface area contributed by atoms with E-state index < -0.39 is 12.1 Å². The molecule has 0 unspecified atom stereocenters. The van der Waals surface area contributed by atoms with Crippen LogP contribution in [0.4, 0.5) is 0 Å². The Kier molecular flexibility index (Phi) is 7.89. The summed E-state index contributed by atoms with van der Waals surface area (Å²) in [5.41, 5.74) is 3.50. The van der Waals surface area contributed by atoms with Crippen LogP contribution in [0.2, 0.25) is 0 Å². The highest BCUT2D eigenvalue weighted by atomic mass is 16.5. The van der Waals surface area contributed by atoms with Gasteiger partial charge in [0.05, 0.1) is 0 Å². The Bertz CT molecular complexity index is 702. The van der Waals surface area contributed by atoms with E-state index in [1.165, 1.54) is 5.57 Å². The van der Waals surface area contributed by atoms with Gasteiger partial charge in [-0.1, -0.05) is 63.5 Å². The summed E-state index contributed by atoms with van der Waals surface area (Å²) in [6.45, 7) is 10.9. The SMILES string of the molecule is C=C1CCC(O)(O)C/C1=C/C=C1\CCC[C@]2(C)[C@@H]([C@@H](CCCC(C)C)C(O)O)CC[C@@H]12. The van der Waals surface area contributed by atoms with Crippen LogP contribution in [0.5, 0.6) is 0 Å². The fourth-order valence-electron chi connectivity index (χ4n) is 6.72. The molecule has 4 N–H and O–H groups in total. The second kappa shape index (κ2) is 9.91. The molecular formula is C27H44O4. The van der Waals surface area contributed by atoms with E-state index in [4.69, 9.17) is 0 Å². The zero-order valence-corrected chi connectivity index (χ0v) is 19.8.